The lowest BCUT2D eigenvalue weighted by Gasteiger charge is -2.38. The van der Waals surface area contributed by atoms with E-state index in [1.807, 2.05) is 24.3 Å². The number of halogens is 1. The third-order valence-corrected chi connectivity index (χ3v) is 4.57. The maximum absolute atomic E-state index is 14.3. The Balaban J connectivity index is 1.78. The summed E-state index contributed by atoms with van der Waals surface area (Å²) in [5.41, 5.74) is 1.10. The second kappa shape index (κ2) is 8.18. The lowest BCUT2D eigenvalue weighted by Crippen LogP contribution is -2.53. The standard InChI is InChI=1S/C20H21FN2O4/c1-23-17(24)12-27-19(18(23)15-8-3-4-9-16(15)21)20(25)22-11-13-6-5-7-14(10-13)26-2/h3-10,18-19H,11-12H2,1-2H3,(H,22,25)/t18-,19+/m1/s1. The van der Waals surface area contributed by atoms with E-state index in [0.717, 1.165) is 5.56 Å². The van der Waals surface area contributed by atoms with Crippen LogP contribution in [0.15, 0.2) is 48.5 Å². The molecule has 2 atom stereocenters. The molecular formula is C20H21FN2O4. The summed E-state index contributed by atoms with van der Waals surface area (Å²) < 4.78 is 25.0. The minimum atomic E-state index is -1.00. The fourth-order valence-corrected chi connectivity index (χ4v) is 3.09. The molecule has 1 N–H and O–H groups in total. The predicted molar refractivity (Wildman–Crippen MR) is 96.5 cm³/mol. The van der Waals surface area contributed by atoms with Crippen molar-refractivity contribution in [2.45, 2.75) is 18.7 Å². The van der Waals surface area contributed by atoms with Crippen LogP contribution in [0.4, 0.5) is 4.39 Å². The maximum Gasteiger partial charge on any atom is 0.251 e. The van der Waals surface area contributed by atoms with Gasteiger partial charge in [-0.3, -0.25) is 9.59 Å². The van der Waals surface area contributed by atoms with Gasteiger partial charge in [-0.1, -0.05) is 30.3 Å². The molecule has 3 rings (SSSR count). The molecule has 2 aromatic rings. The quantitative estimate of drug-likeness (QED) is 0.872. The molecule has 0 saturated carbocycles. The molecule has 1 heterocycles. The average Bonchev–Trinajstić information content (AvgIpc) is 2.69. The van der Waals surface area contributed by atoms with Crippen LogP contribution in [0.3, 0.4) is 0 Å². The van der Waals surface area contributed by atoms with Gasteiger partial charge in [-0.15, -0.1) is 0 Å². The van der Waals surface area contributed by atoms with Crippen molar-refractivity contribution < 1.29 is 23.5 Å². The molecular weight excluding hydrogens is 351 g/mol. The molecule has 0 aliphatic carbocycles. The first-order valence-electron chi connectivity index (χ1n) is 8.53. The van der Waals surface area contributed by atoms with Gasteiger partial charge in [0, 0.05) is 19.2 Å². The van der Waals surface area contributed by atoms with Gasteiger partial charge < -0.3 is 19.7 Å². The van der Waals surface area contributed by atoms with Gasteiger partial charge in [0.05, 0.1) is 13.2 Å². The van der Waals surface area contributed by atoms with Crippen LogP contribution in [-0.2, 0) is 20.9 Å². The van der Waals surface area contributed by atoms with Crippen molar-refractivity contribution in [3.63, 3.8) is 0 Å². The van der Waals surface area contributed by atoms with Crippen molar-refractivity contribution in [1.29, 1.82) is 0 Å². The number of morpholine rings is 1. The number of amides is 2. The minimum absolute atomic E-state index is 0.224. The van der Waals surface area contributed by atoms with Gasteiger partial charge in [-0.2, -0.15) is 0 Å². The molecule has 0 aromatic heterocycles. The van der Waals surface area contributed by atoms with Crippen LogP contribution in [0.1, 0.15) is 17.2 Å². The highest BCUT2D eigenvalue weighted by atomic mass is 19.1. The number of methoxy groups -OCH3 is 1. The fourth-order valence-electron chi connectivity index (χ4n) is 3.09. The summed E-state index contributed by atoms with van der Waals surface area (Å²) in [6.45, 7) is 0.0379. The first kappa shape index (κ1) is 18.8. The highest BCUT2D eigenvalue weighted by molar-refractivity contribution is 5.86. The van der Waals surface area contributed by atoms with Crippen molar-refractivity contribution in [2.24, 2.45) is 0 Å². The van der Waals surface area contributed by atoms with E-state index in [-0.39, 0.29) is 24.6 Å². The number of likely N-dealkylation sites (N-methyl/N-ethyl adjacent to an activating group) is 1. The van der Waals surface area contributed by atoms with Gasteiger partial charge in [-0.25, -0.2) is 4.39 Å². The molecule has 1 aliphatic rings. The largest absolute Gasteiger partial charge is 0.497 e. The summed E-state index contributed by atoms with van der Waals surface area (Å²) in [5, 5.41) is 2.79. The number of ether oxygens (including phenoxy) is 2. The Labute approximate surface area is 156 Å². The van der Waals surface area contributed by atoms with Crippen LogP contribution in [0, 0.1) is 5.82 Å². The Kier molecular flexibility index (Phi) is 5.71. The SMILES string of the molecule is COc1cccc(CNC(=O)[C@H]2OCC(=O)N(C)[C@@H]2c2ccccc2F)c1. The molecule has 0 radical (unpaired) electrons. The number of rotatable bonds is 5. The summed E-state index contributed by atoms with van der Waals surface area (Å²) in [4.78, 5) is 26.1. The minimum Gasteiger partial charge on any atom is -0.497 e. The van der Waals surface area contributed by atoms with E-state index in [1.165, 1.54) is 11.0 Å². The molecule has 2 aromatic carbocycles. The zero-order chi connectivity index (χ0) is 19.4. The molecule has 2 amide bonds. The molecule has 0 spiro atoms. The zero-order valence-corrected chi connectivity index (χ0v) is 15.1. The van der Waals surface area contributed by atoms with E-state index in [4.69, 9.17) is 9.47 Å². The van der Waals surface area contributed by atoms with Crippen LogP contribution in [0.5, 0.6) is 5.75 Å². The van der Waals surface area contributed by atoms with Gasteiger partial charge in [0.2, 0.25) is 5.91 Å². The summed E-state index contributed by atoms with van der Waals surface area (Å²) in [5.74, 6) is -0.519. The third-order valence-electron chi connectivity index (χ3n) is 4.57. The van der Waals surface area contributed by atoms with E-state index < -0.39 is 23.9 Å². The fraction of sp³-hybridized carbons (Fsp3) is 0.300. The Hall–Kier alpha value is -2.93. The first-order chi connectivity index (χ1) is 13.0. The molecule has 1 aliphatic heterocycles. The highest BCUT2D eigenvalue weighted by Gasteiger charge is 2.41. The van der Waals surface area contributed by atoms with Gasteiger partial charge in [0.1, 0.15) is 18.2 Å². The Morgan fingerprint density at radius 2 is 2.07 bits per heavy atom. The monoisotopic (exact) mass is 372 g/mol. The molecule has 1 saturated heterocycles. The normalized spacial score (nSPS) is 19.7. The van der Waals surface area contributed by atoms with Crippen LogP contribution >= 0.6 is 0 Å². The Morgan fingerprint density at radius 3 is 2.81 bits per heavy atom. The maximum atomic E-state index is 14.3. The summed E-state index contributed by atoms with van der Waals surface area (Å²) >= 11 is 0. The molecule has 27 heavy (non-hydrogen) atoms. The summed E-state index contributed by atoms with van der Waals surface area (Å²) in [6, 6.07) is 12.5. The number of carbonyl (C=O) groups is 2. The molecule has 142 valence electrons. The first-order valence-corrected chi connectivity index (χ1v) is 8.53. The summed E-state index contributed by atoms with van der Waals surface area (Å²) in [6.07, 6.45) is -1.00. The average molecular weight is 372 g/mol. The van der Waals surface area contributed by atoms with Crippen molar-refractivity contribution in [3.8, 4) is 5.75 Å². The molecule has 7 heteroatoms. The molecule has 0 unspecified atom stereocenters. The summed E-state index contributed by atoms with van der Waals surface area (Å²) in [7, 11) is 3.11. The second-order valence-electron chi connectivity index (χ2n) is 6.27. The van der Waals surface area contributed by atoms with E-state index in [1.54, 1.807) is 32.4 Å². The lowest BCUT2D eigenvalue weighted by atomic mass is 9.97. The second-order valence-corrected chi connectivity index (χ2v) is 6.27. The van der Waals surface area contributed by atoms with Crippen molar-refractivity contribution >= 4 is 11.8 Å². The van der Waals surface area contributed by atoms with Crippen molar-refractivity contribution in [3.05, 3.63) is 65.5 Å². The van der Waals surface area contributed by atoms with Crippen molar-refractivity contribution in [1.82, 2.24) is 10.2 Å². The molecule has 6 nitrogen and oxygen atoms in total. The number of hydrogen-bond acceptors (Lipinski definition) is 4. The van der Waals surface area contributed by atoms with E-state index in [9.17, 15) is 14.0 Å². The zero-order valence-electron chi connectivity index (χ0n) is 15.1. The molecule has 0 bridgehead atoms. The number of benzene rings is 2. The van der Waals surface area contributed by atoms with Crippen LogP contribution in [-0.4, -0.2) is 43.6 Å². The van der Waals surface area contributed by atoms with Crippen LogP contribution in [0.2, 0.25) is 0 Å². The highest BCUT2D eigenvalue weighted by Crippen LogP contribution is 2.30. The van der Waals surface area contributed by atoms with E-state index >= 15 is 0 Å². The Morgan fingerprint density at radius 1 is 1.30 bits per heavy atom. The number of nitrogens with zero attached hydrogens (tertiary/aromatic N) is 1. The van der Waals surface area contributed by atoms with E-state index in [0.29, 0.717) is 5.75 Å². The lowest BCUT2D eigenvalue weighted by molar-refractivity contribution is -0.162. The van der Waals surface area contributed by atoms with Gasteiger partial charge >= 0.3 is 0 Å². The Bertz CT molecular complexity index is 842. The topological polar surface area (TPSA) is 67.9 Å². The molecule has 1 fully saturated rings. The van der Waals surface area contributed by atoms with Gasteiger partial charge in [0.15, 0.2) is 6.10 Å². The van der Waals surface area contributed by atoms with Crippen LogP contribution in [0.25, 0.3) is 0 Å². The van der Waals surface area contributed by atoms with Gasteiger partial charge in [0.25, 0.3) is 5.91 Å². The number of hydrogen-bond donors (Lipinski definition) is 1. The van der Waals surface area contributed by atoms with Crippen molar-refractivity contribution in [2.75, 3.05) is 20.8 Å². The third kappa shape index (κ3) is 4.09. The predicted octanol–water partition coefficient (Wildman–Crippen LogP) is 2.05. The number of nitrogens with one attached hydrogen (secondary N) is 1. The number of carbonyl (C=O) groups excluding carboxylic acids is 2. The van der Waals surface area contributed by atoms with Crippen LogP contribution < -0.4 is 10.1 Å². The van der Waals surface area contributed by atoms with Gasteiger partial charge in [-0.05, 0) is 23.8 Å². The smallest absolute Gasteiger partial charge is 0.251 e. The van der Waals surface area contributed by atoms with E-state index in [2.05, 4.69) is 5.32 Å².